The van der Waals surface area contributed by atoms with E-state index >= 15 is 0 Å². The van der Waals surface area contributed by atoms with Crippen molar-refractivity contribution in [2.75, 3.05) is 26.4 Å². The molecule has 0 aliphatic heterocycles. The second kappa shape index (κ2) is 7.63. The highest BCUT2D eigenvalue weighted by Gasteiger charge is 2.09. The minimum absolute atomic E-state index is 0.112. The molecule has 0 aromatic heterocycles. The smallest absolute Gasteiger partial charge is 0.0948 e. The molecule has 2 N–H and O–H groups in total. The summed E-state index contributed by atoms with van der Waals surface area (Å²) in [6, 6.07) is 7.56. The molecule has 1 atom stereocenters. The third-order valence-corrected chi connectivity index (χ3v) is 2.42. The van der Waals surface area contributed by atoms with Gasteiger partial charge in [-0.2, -0.15) is 0 Å². The molecule has 16 heavy (non-hydrogen) atoms. The van der Waals surface area contributed by atoms with Crippen LogP contribution in [0, 0.1) is 0 Å². The Balaban J connectivity index is 2.47. The van der Waals surface area contributed by atoms with Gasteiger partial charge in [0.2, 0.25) is 0 Å². The highest BCUT2D eigenvalue weighted by molar-refractivity contribution is 6.30. The van der Waals surface area contributed by atoms with E-state index in [4.69, 9.17) is 26.8 Å². The van der Waals surface area contributed by atoms with Crippen molar-refractivity contribution in [1.29, 1.82) is 0 Å². The molecule has 0 heterocycles. The topological polar surface area (TPSA) is 44.5 Å². The first-order valence-electron chi connectivity index (χ1n) is 5.42. The fraction of sp³-hybridized carbons (Fsp3) is 0.500. The summed E-state index contributed by atoms with van der Waals surface area (Å²) in [6.45, 7) is 4.23. The Morgan fingerprint density at radius 1 is 1.38 bits per heavy atom. The molecule has 1 unspecified atom stereocenters. The first-order valence-corrected chi connectivity index (χ1v) is 5.80. The molecule has 90 valence electrons. The summed E-state index contributed by atoms with van der Waals surface area (Å²) in [5, 5.41) is 0.698. The zero-order chi connectivity index (χ0) is 11.8. The van der Waals surface area contributed by atoms with E-state index in [0.717, 1.165) is 5.56 Å². The van der Waals surface area contributed by atoms with Gasteiger partial charge in [-0.15, -0.1) is 0 Å². The maximum atomic E-state index is 5.91. The normalized spacial score (nSPS) is 12.7. The lowest BCUT2D eigenvalue weighted by molar-refractivity contribution is 0.0104. The van der Waals surface area contributed by atoms with Gasteiger partial charge >= 0.3 is 0 Å². The number of ether oxygens (including phenoxy) is 2. The van der Waals surface area contributed by atoms with E-state index in [9.17, 15) is 0 Å². The quantitative estimate of drug-likeness (QED) is 0.748. The molecule has 0 radical (unpaired) electrons. The molecule has 0 saturated heterocycles. The summed E-state index contributed by atoms with van der Waals surface area (Å²) in [4.78, 5) is 0. The Morgan fingerprint density at radius 2 is 2.19 bits per heavy atom. The number of hydrogen-bond acceptors (Lipinski definition) is 3. The fourth-order valence-corrected chi connectivity index (χ4v) is 1.60. The van der Waals surface area contributed by atoms with Gasteiger partial charge in [0.15, 0.2) is 0 Å². The van der Waals surface area contributed by atoms with E-state index in [1.54, 1.807) is 0 Å². The second-order valence-corrected chi connectivity index (χ2v) is 3.78. The van der Waals surface area contributed by atoms with Crippen LogP contribution in [-0.4, -0.2) is 26.4 Å². The minimum atomic E-state index is -0.112. The van der Waals surface area contributed by atoms with Crippen molar-refractivity contribution in [2.45, 2.75) is 13.0 Å². The van der Waals surface area contributed by atoms with Crippen LogP contribution in [0.3, 0.4) is 0 Å². The van der Waals surface area contributed by atoms with Gasteiger partial charge in [0.1, 0.15) is 0 Å². The molecule has 3 nitrogen and oxygen atoms in total. The summed E-state index contributed by atoms with van der Waals surface area (Å²) in [5.74, 6) is 0. The lowest BCUT2D eigenvalue weighted by atomic mass is 10.1. The van der Waals surface area contributed by atoms with Crippen LogP contribution in [-0.2, 0) is 9.47 Å². The predicted octanol–water partition coefficient (Wildman–Crippen LogP) is 2.39. The van der Waals surface area contributed by atoms with E-state index in [1.807, 2.05) is 31.2 Å². The van der Waals surface area contributed by atoms with Gasteiger partial charge in [0, 0.05) is 18.2 Å². The third-order valence-electron chi connectivity index (χ3n) is 2.19. The first-order chi connectivity index (χ1) is 7.77. The van der Waals surface area contributed by atoms with Gasteiger partial charge in [-0.3, -0.25) is 0 Å². The molecule has 1 rings (SSSR count). The molecule has 0 amide bonds. The van der Waals surface area contributed by atoms with Crippen LogP contribution in [0.4, 0.5) is 0 Å². The van der Waals surface area contributed by atoms with Gasteiger partial charge in [-0.1, -0.05) is 23.7 Å². The Bertz CT molecular complexity index is 307. The van der Waals surface area contributed by atoms with Crippen molar-refractivity contribution in [3.05, 3.63) is 34.9 Å². The molecule has 0 fully saturated rings. The number of halogens is 1. The second-order valence-electron chi connectivity index (χ2n) is 3.35. The van der Waals surface area contributed by atoms with Gasteiger partial charge in [-0.25, -0.2) is 0 Å². The maximum Gasteiger partial charge on any atom is 0.0948 e. The van der Waals surface area contributed by atoms with Crippen LogP contribution in [0.15, 0.2) is 24.3 Å². The number of rotatable bonds is 7. The highest BCUT2D eigenvalue weighted by Crippen LogP contribution is 2.19. The van der Waals surface area contributed by atoms with Crippen LogP contribution in [0.2, 0.25) is 5.02 Å². The van der Waals surface area contributed by atoms with Crippen LogP contribution >= 0.6 is 11.6 Å². The van der Waals surface area contributed by atoms with Crippen LogP contribution in [0.1, 0.15) is 18.6 Å². The largest absolute Gasteiger partial charge is 0.379 e. The van der Waals surface area contributed by atoms with Crippen molar-refractivity contribution in [3.8, 4) is 0 Å². The molecule has 0 aliphatic rings. The Kier molecular flexibility index (Phi) is 6.42. The number of hydrogen-bond donors (Lipinski definition) is 1. The summed E-state index contributed by atoms with van der Waals surface area (Å²) in [6.07, 6.45) is -0.112. The average Bonchev–Trinajstić information content (AvgIpc) is 2.29. The Hall–Kier alpha value is -0.610. The van der Waals surface area contributed by atoms with Crippen molar-refractivity contribution < 1.29 is 9.47 Å². The average molecular weight is 244 g/mol. The van der Waals surface area contributed by atoms with Crippen molar-refractivity contribution in [1.82, 2.24) is 0 Å². The predicted molar refractivity (Wildman–Crippen MR) is 65.7 cm³/mol. The molecule has 0 bridgehead atoms. The zero-order valence-electron chi connectivity index (χ0n) is 9.49. The van der Waals surface area contributed by atoms with Crippen LogP contribution in [0.5, 0.6) is 0 Å². The number of benzene rings is 1. The summed E-state index contributed by atoms with van der Waals surface area (Å²) < 4.78 is 10.8. The molecule has 4 heteroatoms. The van der Waals surface area contributed by atoms with Crippen LogP contribution in [0.25, 0.3) is 0 Å². The molecular weight excluding hydrogens is 226 g/mol. The summed E-state index contributed by atoms with van der Waals surface area (Å²) in [5.41, 5.74) is 6.67. The zero-order valence-corrected chi connectivity index (χ0v) is 10.2. The van der Waals surface area contributed by atoms with Crippen molar-refractivity contribution >= 4 is 11.6 Å². The molecule has 0 saturated carbocycles. The van der Waals surface area contributed by atoms with E-state index in [0.29, 0.717) is 31.4 Å². The summed E-state index contributed by atoms with van der Waals surface area (Å²) in [7, 11) is 0. The van der Waals surface area contributed by atoms with E-state index in [-0.39, 0.29) is 6.10 Å². The molecule has 1 aromatic carbocycles. The van der Waals surface area contributed by atoms with E-state index < -0.39 is 0 Å². The molecule has 1 aromatic rings. The Morgan fingerprint density at radius 3 is 2.81 bits per heavy atom. The minimum Gasteiger partial charge on any atom is -0.379 e. The van der Waals surface area contributed by atoms with Crippen molar-refractivity contribution in [3.63, 3.8) is 0 Å². The van der Waals surface area contributed by atoms with E-state index in [1.165, 1.54) is 0 Å². The SMILES string of the molecule is CCOCCOC(CN)c1cccc(Cl)c1. The lowest BCUT2D eigenvalue weighted by Crippen LogP contribution is -2.18. The van der Waals surface area contributed by atoms with Crippen LogP contribution < -0.4 is 5.73 Å². The monoisotopic (exact) mass is 243 g/mol. The van der Waals surface area contributed by atoms with Gasteiger partial charge in [0.25, 0.3) is 0 Å². The van der Waals surface area contributed by atoms with Gasteiger partial charge in [-0.05, 0) is 24.6 Å². The van der Waals surface area contributed by atoms with Gasteiger partial charge in [0.05, 0.1) is 19.3 Å². The number of nitrogens with two attached hydrogens (primary N) is 1. The summed E-state index contributed by atoms with van der Waals surface area (Å²) >= 11 is 5.91. The molecule has 0 spiro atoms. The first kappa shape index (κ1) is 13.5. The van der Waals surface area contributed by atoms with Crippen molar-refractivity contribution in [2.24, 2.45) is 5.73 Å². The Labute approximate surface area is 101 Å². The molecular formula is C12H18ClNO2. The third kappa shape index (κ3) is 4.49. The van der Waals surface area contributed by atoms with E-state index in [2.05, 4.69) is 0 Å². The standard InChI is InChI=1S/C12H18ClNO2/c1-2-15-6-7-16-12(9-14)10-4-3-5-11(13)8-10/h3-5,8,12H,2,6-7,9,14H2,1H3. The van der Waals surface area contributed by atoms with Gasteiger partial charge < -0.3 is 15.2 Å². The fourth-order valence-electron chi connectivity index (χ4n) is 1.40. The highest BCUT2D eigenvalue weighted by atomic mass is 35.5. The molecule has 0 aliphatic carbocycles. The maximum absolute atomic E-state index is 5.91. The lowest BCUT2D eigenvalue weighted by Gasteiger charge is -2.16.